The molecule has 1 aromatic heterocycles. The van der Waals surface area contributed by atoms with E-state index in [9.17, 15) is 9.18 Å². The molecule has 0 saturated carbocycles. The number of carbonyl (C=O) groups excluding carboxylic acids is 1. The zero-order valence-electron chi connectivity index (χ0n) is 20.3. The molecule has 1 amide bonds. The molecule has 0 radical (unpaired) electrons. The molecule has 2 aliphatic rings. The highest BCUT2D eigenvalue weighted by molar-refractivity contribution is 6.31. The van der Waals surface area contributed by atoms with Gasteiger partial charge >= 0.3 is 0 Å². The lowest BCUT2D eigenvalue weighted by Gasteiger charge is -2.42. The van der Waals surface area contributed by atoms with Gasteiger partial charge in [-0.25, -0.2) is 14.4 Å². The summed E-state index contributed by atoms with van der Waals surface area (Å²) in [5.74, 6) is 1.15. The van der Waals surface area contributed by atoms with Gasteiger partial charge < -0.3 is 9.88 Å². The highest BCUT2D eigenvalue weighted by Gasteiger charge is 2.37. The monoisotopic (exact) mass is 494 g/mol. The number of aryl methyl sites for hydroxylation is 1. The average Bonchev–Trinajstić information content (AvgIpc) is 3.28. The van der Waals surface area contributed by atoms with Crippen molar-refractivity contribution in [3.63, 3.8) is 0 Å². The van der Waals surface area contributed by atoms with E-state index in [-0.39, 0.29) is 17.6 Å². The minimum Gasteiger partial charge on any atom is -0.341 e. The highest BCUT2D eigenvalue weighted by atomic mass is 35.5. The number of benzene rings is 2. The molecule has 0 spiro atoms. The molecule has 2 atom stereocenters. The van der Waals surface area contributed by atoms with Gasteiger partial charge in [0, 0.05) is 16.7 Å². The number of amides is 1. The van der Waals surface area contributed by atoms with Gasteiger partial charge in [-0.3, -0.25) is 9.28 Å². The summed E-state index contributed by atoms with van der Waals surface area (Å²) >= 11 is 6.10. The number of aromatic amines is 1. The Morgan fingerprint density at radius 2 is 2.00 bits per heavy atom. The van der Waals surface area contributed by atoms with E-state index in [1.54, 1.807) is 19.1 Å². The summed E-state index contributed by atoms with van der Waals surface area (Å²) in [5, 5.41) is 0.681. The summed E-state index contributed by atoms with van der Waals surface area (Å²) in [5.41, 5.74) is 3.24. The van der Waals surface area contributed by atoms with Gasteiger partial charge in [0.25, 0.3) is 0 Å². The zero-order chi connectivity index (χ0) is 24.7. The molecule has 35 heavy (non-hydrogen) atoms. The number of dihydropyridines is 1. The summed E-state index contributed by atoms with van der Waals surface area (Å²) in [6, 6.07) is 10.6. The first-order valence-electron chi connectivity index (χ1n) is 12.0. The molecule has 2 unspecified atom stereocenters. The molecule has 6 nitrogen and oxygen atoms in total. The van der Waals surface area contributed by atoms with Crippen LogP contribution >= 0.6 is 11.6 Å². The predicted octanol–water partition coefficient (Wildman–Crippen LogP) is 4.81. The molecule has 1 N–H and O–H groups in total. The maximum Gasteiger partial charge on any atom is 0.230 e. The number of aliphatic imine (C=N–C) groups is 1. The number of hydrogen-bond donors (Lipinski definition) is 1. The van der Waals surface area contributed by atoms with Crippen LogP contribution in [0, 0.1) is 12.7 Å². The quantitative estimate of drug-likeness (QED) is 0.531. The third kappa shape index (κ3) is 4.62. The van der Waals surface area contributed by atoms with Crippen molar-refractivity contribution < 1.29 is 13.7 Å². The predicted molar refractivity (Wildman–Crippen MR) is 137 cm³/mol. The second-order valence-electron chi connectivity index (χ2n) is 9.86. The first-order valence-corrected chi connectivity index (χ1v) is 12.4. The van der Waals surface area contributed by atoms with Crippen molar-refractivity contribution in [3.8, 4) is 0 Å². The van der Waals surface area contributed by atoms with Gasteiger partial charge in [-0.05, 0) is 38.1 Å². The average molecular weight is 495 g/mol. The van der Waals surface area contributed by atoms with E-state index in [0.717, 1.165) is 41.3 Å². The van der Waals surface area contributed by atoms with E-state index in [0.29, 0.717) is 34.7 Å². The molecule has 3 heterocycles. The van der Waals surface area contributed by atoms with Crippen molar-refractivity contribution in [3.05, 3.63) is 76.3 Å². The number of nitrogens with zero attached hydrogens (tertiary/aromatic N) is 4. The van der Waals surface area contributed by atoms with Gasteiger partial charge in [0.2, 0.25) is 11.7 Å². The smallest absolute Gasteiger partial charge is 0.230 e. The topological polar surface area (TPSA) is 61.4 Å². The molecule has 1 saturated heterocycles. The molecule has 8 heteroatoms. The molecule has 5 rings (SSSR count). The second kappa shape index (κ2) is 9.21. The Hall–Kier alpha value is -3.03. The van der Waals surface area contributed by atoms with Gasteiger partial charge in [0.05, 0.1) is 49.6 Å². The molecular weight excluding hydrogens is 465 g/mol. The first kappa shape index (κ1) is 23.7. The van der Waals surface area contributed by atoms with E-state index < -0.39 is 5.92 Å². The summed E-state index contributed by atoms with van der Waals surface area (Å²) in [4.78, 5) is 28.0. The number of H-pyrrole nitrogens is 1. The van der Waals surface area contributed by atoms with Crippen LogP contribution in [0.15, 0.2) is 53.5 Å². The van der Waals surface area contributed by atoms with Crippen molar-refractivity contribution in [1.29, 1.82) is 0 Å². The van der Waals surface area contributed by atoms with E-state index >= 15 is 0 Å². The van der Waals surface area contributed by atoms with Crippen LogP contribution in [0.25, 0.3) is 11.0 Å². The van der Waals surface area contributed by atoms with E-state index in [1.807, 2.05) is 30.0 Å². The highest BCUT2D eigenvalue weighted by Crippen LogP contribution is 2.27. The normalized spacial score (nSPS) is 20.7. The largest absolute Gasteiger partial charge is 0.341 e. The third-order valence-electron chi connectivity index (χ3n) is 7.32. The Morgan fingerprint density at radius 1 is 1.23 bits per heavy atom. The van der Waals surface area contributed by atoms with Gasteiger partial charge in [-0.2, -0.15) is 0 Å². The Morgan fingerprint density at radius 3 is 2.71 bits per heavy atom. The fourth-order valence-corrected chi connectivity index (χ4v) is 5.14. The van der Waals surface area contributed by atoms with E-state index in [1.165, 1.54) is 6.07 Å². The molecule has 182 valence electrons. The third-order valence-corrected chi connectivity index (χ3v) is 7.56. The lowest BCUT2D eigenvalue weighted by atomic mass is 9.97. The Balaban J connectivity index is 1.23. The van der Waals surface area contributed by atoms with Gasteiger partial charge in [0.1, 0.15) is 24.7 Å². The van der Waals surface area contributed by atoms with Gasteiger partial charge in [0.15, 0.2) is 0 Å². The second-order valence-corrected chi connectivity index (χ2v) is 10.3. The maximum atomic E-state index is 14.3. The number of piperazine rings is 1. The number of rotatable bonds is 3. The molecule has 1 fully saturated rings. The van der Waals surface area contributed by atoms with Crippen molar-refractivity contribution in [1.82, 2.24) is 14.9 Å². The van der Waals surface area contributed by atoms with Gasteiger partial charge in [-0.1, -0.05) is 35.4 Å². The van der Waals surface area contributed by atoms with Gasteiger partial charge in [-0.15, -0.1) is 0 Å². The molecule has 2 aromatic carbocycles. The fourth-order valence-electron chi connectivity index (χ4n) is 4.97. The lowest BCUT2D eigenvalue weighted by molar-refractivity contribution is -0.824. The number of aromatic nitrogens is 2. The number of imidazole rings is 1. The van der Waals surface area contributed by atoms with E-state index in [2.05, 4.69) is 24.2 Å². The number of likely N-dealkylation sites (N-methyl/N-ethyl adjacent to an activating group) is 1. The van der Waals surface area contributed by atoms with Crippen LogP contribution in [0.4, 0.5) is 4.39 Å². The summed E-state index contributed by atoms with van der Waals surface area (Å²) in [6.45, 7) is 7.11. The van der Waals surface area contributed by atoms with Crippen LogP contribution in [0.3, 0.4) is 0 Å². The Bertz CT molecular complexity index is 1340. The van der Waals surface area contributed by atoms with Crippen LogP contribution in [-0.2, 0) is 4.79 Å². The molecule has 2 aliphatic heterocycles. The summed E-state index contributed by atoms with van der Waals surface area (Å²) in [7, 11) is 2.16. The maximum absolute atomic E-state index is 14.3. The van der Waals surface area contributed by atoms with Crippen molar-refractivity contribution >= 4 is 34.4 Å². The van der Waals surface area contributed by atoms with E-state index in [4.69, 9.17) is 21.6 Å². The number of nitrogens with one attached hydrogen (secondary N) is 1. The van der Waals surface area contributed by atoms with Crippen molar-refractivity contribution in [2.24, 2.45) is 4.99 Å². The Kier molecular flexibility index (Phi) is 6.23. The number of amidine groups is 1. The zero-order valence-corrected chi connectivity index (χ0v) is 21.0. The Labute approximate surface area is 209 Å². The van der Waals surface area contributed by atoms with Crippen molar-refractivity contribution in [2.75, 3.05) is 39.8 Å². The minimum absolute atomic E-state index is 0.0214. The minimum atomic E-state index is -0.502. The fraction of sp³-hybridized carbons (Fsp3) is 0.370. The molecule has 0 bridgehead atoms. The molecule has 0 aliphatic carbocycles. The number of quaternary nitrogens is 1. The SMILES string of the molecule is Cc1ccc(F)c(C(C)C(=O)N2CC[N+](C)(C3=NCC(c4nc5ccc(Cl)cc5[nH]4)C=C3)CC2)c1. The number of halogens is 2. The number of carbonyl (C=O) groups is 1. The standard InChI is InChI=1S/C27H30ClFN5O/c1-17-4-7-22(29)21(14-17)18(2)27(35)33-10-12-34(3,13-11-33)25-9-5-19(16-30-25)26-31-23-8-6-20(28)15-24(23)32-26/h4-9,14-15,18-19H,10-13,16H2,1-3H3,(H,31,32)/q+1. The van der Waals surface area contributed by atoms with Crippen LogP contribution in [0.2, 0.25) is 5.02 Å². The van der Waals surface area contributed by atoms with Crippen molar-refractivity contribution in [2.45, 2.75) is 25.7 Å². The van der Waals surface area contributed by atoms with Crippen LogP contribution in [0.5, 0.6) is 0 Å². The number of fused-ring (bicyclic) bond motifs is 1. The van der Waals surface area contributed by atoms with Crippen LogP contribution in [-0.4, -0.2) is 70.9 Å². The lowest BCUT2D eigenvalue weighted by Crippen LogP contribution is -2.61. The van der Waals surface area contributed by atoms with Crippen LogP contribution in [0.1, 0.15) is 35.7 Å². The van der Waals surface area contributed by atoms with Crippen LogP contribution < -0.4 is 0 Å². The summed E-state index contributed by atoms with van der Waals surface area (Å²) < 4.78 is 15.0. The first-order chi connectivity index (χ1) is 16.7. The summed E-state index contributed by atoms with van der Waals surface area (Å²) in [6.07, 6.45) is 4.25. The molecular formula is C27H30ClFN5O+. The number of hydrogen-bond acceptors (Lipinski definition) is 3. The molecule has 3 aromatic rings.